The third-order valence-corrected chi connectivity index (χ3v) is 5.78. The third kappa shape index (κ3) is 1.74. The summed E-state index contributed by atoms with van der Waals surface area (Å²) in [6.45, 7) is 2.60. The van der Waals surface area contributed by atoms with Crippen molar-refractivity contribution in [2.75, 3.05) is 0 Å². The van der Waals surface area contributed by atoms with E-state index in [0.29, 0.717) is 12.0 Å². The van der Waals surface area contributed by atoms with Crippen LogP contribution in [0.25, 0.3) is 0 Å². The van der Waals surface area contributed by atoms with Crippen molar-refractivity contribution in [2.24, 2.45) is 23.5 Å². The average molecular weight is 257 g/mol. The minimum absolute atomic E-state index is 0.298. The van der Waals surface area contributed by atoms with E-state index in [-0.39, 0.29) is 0 Å². The fourth-order valence-corrected chi connectivity index (χ4v) is 5.32. The van der Waals surface area contributed by atoms with Gasteiger partial charge in [0.05, 0.1) is 5.69 Å². The van der Waals surface area contributed by atoms with Gasteiger partial charge >= 0.3 is 0 Å². The molecule has 1 aromatic rings. The largest absolute Gasteiger partial charge is 0.325 e. The second-order valence-electron chi connectivity index (χ2n) is 7.23. The normalized spacial score (nSPS) is 39.8. The van der Waals surface area contributed by atoms with Crippen molar-refractivity contribution in [1.29, 1.82) is 0 Å². The molecule has 4 aliphatic rings. The Kier molecular flexibility index (Phi) is 2.50. The average Bonchev–Trinajstić information content (AvgIpc) is 2.37. The highest BCUT2D eigenvalue weighted by Crippen LogP contribution is 2.60. The van der Waals surface area contributed by atoms with Crippen molar-refractivity contribution in [3.05, 3.63) is 23.3 Å². The first-order valence-electron chi connectivity index (χ1n) is 7.71. The Labute approximate surface area is 115 Å². The van der Waals surface area contributed by atoms with Crippen molar-refractivity contribution in [2.45, 2.75) is 57.4 Å². The molecule has 19 heavy (non-hydrogen) atoms. The molecule has 0 amide bonds. The molecule has 3 heteroatoms. The van der Waals surface area contributed by atoms with Crippen molar-refractivity contribution < 1.29 is 0 Å². The van der Waals surface area contributed by atoms with Crippen LogP contribution in [0.2, 0.25) is 0 Å². The summed E-state index contributed by atoms with van der Waals surface area (Å²) in [7, 11) is 0. The molecule has 4 saturated carbocycles. The van der Waals surface area contributed by atoms with Gasteiger partial charge in [-0.1, -0.05) is 0 Å². The van der Waals surface area contributed by atoms with Crippen LogP contribution in [0.5, 0.6) is 0 Å². The van der Waals surface area contributed by atoms with Crippen LogP contribution < -0.4 is 5.73 Å². The van der Waals surface area contributed by atoms with E-state index in [0.717, 1.165) is 34.8 Å². The van der Waals surface area contributed by atoms with Gasteiger partial charge in [0, 0.05) is 18.2 Å². The zero-order chi connectivity index (χ0) is 13.0. The Balaban J connectivity index is 1.75. The highest BCUT2D eigenvalue weighted by Gasteiger charge is 2.53. The molecule has 5 rings (SSSR count). The lowest BCUT2D eigenvalue weighted by molar-refractivity contribution is -0.00951. The van der Waals surface area contributed by atoms with Crippen molar-refractivity contribution in [3.63, 3.8) is 0 Å². The maximum Gasteiger partial charge on any atom is 0.134 e. The van der Waals surface area contributed by atoms with Gasteiger partial charge in [0.15, 0.2) is 0 Å². The lowest BCUT2D eigenvalue weighted by Crippen LogP contribution is -2.49. The first-order chi connectivity index (χ1) is 9.18. The molecule has 4 bridgehead atoms. The van der Waals surface area contributed by atoms with Crippen LogP contribution in [-0.2, 0) is 12.0 Å². The molecule has 102 valence electrons. The maximum atomic E-state index is 5.82. The van der Waals surface area contributed by atoms with E-state index in [1.807, 2.05) is 6.20 Å². The van der Waals surface area contributed by atoms with Crippen molar-refractivity contribution >= 4 is 0 Å². The molecule has 0 saturated heterocycles. The first kappa shape index (κ1) is 11.8. The minimum atomic E-state index is 0.298. The summed E-state index contributed by atoms with van der Waals surface area (Å²) < 4.78 is 0. The number of rotatable bonds is 2. The van der Waals surface area contributed by atoms with Gasteiger partial charge in [-0.2, -0.15) is 0 Å². The van der Waals surface area contributed by atoms with Crippen LogP contribution in [0.3, 0.4) is 0 Å². The monoisotopic (exact) mass is 257 g/mol. The molecule has 0 spiro atoms. The molecule has 4 fully saturated rings. The van der Waals surface area contributed by atoms with Crippen molar-refractivity contribution in [1.82, 2.24) is 9.97 Å². The van der Waals surface area contributed by atoms with Gasteiger partial charge in [0.25, 0.3) is 0 Å². The molecule has 3 nitrogen and oxygen atoms in total. The van der Waals surface area contributed by atoms with Crippen LogP contribution in [0.15, 0.2) is 6.20 Å². The summed E-state index contributed by atoms with van der Waals surface area (Å²) >= 11 is 0. The fourth-order valence-electron chi connectivity index (χ4n) is 5.32. The maximum absolute atomic E-state index is 5.82. The van der Waals surface area contributed by atoms with Gasteiger partial charge in [-0.25, -0.2) is 9.97 Å². The molecule has 0 atom stereocenters. The standard InChI is InChI=1S/C16H23N3/c1-10-9-18-15(19-14(10)8-17)16-5-11-2-12(6-16)4-13(3-11)7-16/h9,11-13H,2-8,17H2,1H3. The Hall–Kier alpha value is -0.960. The molecule has 1 heterocycles. The minimum Gasteiger partial charge on any atom is -0.325 e. The van der Waals surface area contributed by atoms with Gasteiger partial charge < -0.3 is 5.73 Å². The Morgan fingerprint density at radius 1 is 1.16 bits per heavy atom. The summed E-state index contributed by atoms with van der Waals surface area (Å²) in [5.41, 5.74) is 8.30. The van der Waals surface area contributed by atoms with Crippen LogP contribution >= 0.6 is 0 Å². The number of hydrogen-bond acceptors (Lipinski definition) is 3. The van der Waals surface area contributed by atoms with E-state index in [1.165, 1.54) is 38.5 Å². The molecular weight excluding hydrogens is 234 g/mol. The number of nitrogens with zero attached hydrogens (tertiary/aromatic N) is 2. The van der Waals surface area contributed by atoms with Crippen LogP contribution in [-0.4, -0.2) is 9.97 Å². The van der Waals surface area contributed by atoms with Crippen LogP contribution in [0.4, 0.5) is 0 Å². The summed E-state index contributed by atoms with van der Waals surface area (Å²) in [6.07, 6.45) is 10.4. The highest BCUT2D eigenvalue weighted by molar-refractivity contribution is 5.22. The van der Waals surface area contributed by atoms with Crippen LogP contribution in [0, 0.1) is 24.7 Å². The summed E-state index contributed by atoms with van der Waals surface area (Å²) in [5.74, 6) is 3.94. The quantitative estimate of drug-likeness (QED) is 0.886. The number of aryl methyl sites for hydroxylation is 1. The molecule has 4 aliphatic carbocycles. The smallest absolute Gasteiger partial charge is 0.134 e. The number of aromatic nitrogens is 2. The number of nitrogens with two attached hydrogens (primary N) is 1. The second kappa shape index (κ2) is 4.02. The zero-order valence-corrected chi connectivity index (χ0v) is 11.7. The molecule has 0 radical (unpaired) electrons. The Bertz CT molecular complexity index is 473. The van der Waals surface area contributed by atoms with E-state index >= 15 is 0 Å². The molecule has 0 unspecified atom stereocenters. The lowest BCUT2D eigenvalue weighted by Gasteiger charge is -2.56. The SMILES string of the molecule is Cc1cnc(C23CC4CC(CC(C4)C2)C3)nc1CN. The van der Waals surface area contributed by atoms with E-state index in [4.69, 9.17) is 15.7 Å². The van der Waals surface area contributed by atoms with Gasteiger partial charge in [0.2, 0.25) is 0 Å². The molecule has 1 aromatic heterocycles. The molecule has 0 aromatic carbocycles. The molecular formula is C16H23N3. The molecule has 2 N–H and O–H groups in total. The predicted octanol–water partition coefficient (Wildman–Crippen LogP) is 2.71. The van der Waals surface area contributed by atoms with E-state index in [1.54, 1.807) is 0 Å². The second-order valence-corrected chi connectivity index (χ2v) is 7.23. The topological polar surface area (TPSA) is 51.8 Å². The summed E-state index contributed by atoms with van der Waals surface area (Å²) in [5, 5.41) is 0. The van der Waals surface area contributed by atoms with Crippen molar-refractivity contribution in [3.8, 4) is 0 Å². The van der Waals surface area contributed by atoms with Gasteiger partial charge in [-0.05, 0) is 68.8 Å². The van der Waals surface area contributed by atoms with E-state index < -0.39 is 0 Å². The van der Waals surface area contributed by atoms with E-state index in [9.17, 15) is 0 Å². The van der Waals surface area contributed by atoms with Crippen LogP contribution in [0.1, 0.15) is 55.6 Å². The summed E-state index contributed by atoms with van der Waals surface area (Å²) in [4.78, 5) is 9.55. The van der Waals surface area contributed by atoms with Gasteiger partial charge in [-0.15, -0.1) is 0 Å². The summed E-state index contributed by atoms with van der Waals surface area (Å²) in [6, 6.07) is 0. The predicted molar refractivity (Wildman–Crippen MR) is 74.5 cm³/mol. The highest BCUT2D eigenvalue weighted by atomic mass is 14.9. The number of hydrogen-bond donors (Lipinski definition) is 1. The zero-order valence-electron chi connectivity index (χ0n) is 11.7. The fraction of sp³-hybridized carbons (Fsp3) is 0.750. The van der Waals surface area contributed by atoms with Gasteiger partial charge in [-0.3, -0.25) is 0 Å². The van der Waals surface area contributed by atoms with Gasteiger partial charge in [0.1, 0.15) is 5.82 Å². The molecule has 0 aliphatic heterocycles. The Morgan fingerprint density at radius 2 is 1.74 bits per heavy atom. The lowest BCUT2D eigenvalue weighted by atomic mass is 9.49. The Morgan fingerprint density at radius 3 is 2.26 bits per heavy atom. The third-order valence-electron chi connectivity index (χ3n) is 5.78. The van der Waals surface area contributed by atoms with E-state index in [2.05, 4.69) is 6.92 Å². The first-order valence-corrected chi connectivity index (χ1v) is 7.71.